The molecule has 2 rings (SSSR count). The molecule has 0 aliphatic heterocycles. The molecule has 0 aromatic heterocycles. The Kier molecular flexibility index (Phi) is 6.81. The van der Waals surface area contributed by atoms with Crippen molar-refractivity contribution in [1.29, 1.82) is 0 Å². The zero-order chi connectivity index (χ0) is 14.1. The largest absolute Gasteiger partial charge is 0.369 e. The lowest BCUT2D eigenvalue weighted by Gasteiger charge is -1.99. The SMILES string of the molecule is NC(=O)CI.O=C(c1ccccc1)c1ccccc1. The van der Waals surface area contributed by atoms with E-state index in [0.29, 0.717) is 4.43 Å². The average Bonchev–Trinajstić information content (AvgIpc) is 2.49. The number of nitrogens with two attached hydrogens (primary N) is 1. The molecule has 3 nitrogen and oxygen atoms in total. The molecular weight excluding hydrogens is 353 g/mol. The van der Waals surface area contributed by atoms with Gasteiger partial charge < -0.3 is 5.73 Å². The molecule has 2 aromatic carbocycles. The van der Waals surface area contributed by atoms with Crippen LogP contribution in [0.15, 0.2) is 60.7 Å². The summed E-state index contributed by atoms with van der Waals surface area (Å²) < 4.78 is 0.414. The number of amides is 1. The van der Waals surface area contributed by atoms with E-state index in [1.54, 1.807) is 0 Å². The second-order valence-electron chi connectivity index (χ2n) is 3.66. The Balaban J connectivity index is 0.000000312. The molecule has 98 valence electrons. The van der Waals surface area contributed by atoms with Gasteiger partial charge in [0.15, 0.2) is 5.78 Å². The highest BCUT2D eigenvalue weighted by Crippen LogP contribution is 2.08. The summed E-state index contributed by atoms with van der Waals surface area (Å²) in [6.07, 6.45) is 0. The Morgan fingerprint density at radius 3 is 1.42 bits per heavy atom. The van der Waals surface area contributed by atoms with Gasteiger partial charge in [-0.25, -0.2) is 0 Å². The van der Waals surface area contributed by atoms with Gasteiger partial charge in [0.05, 0.1) is 4.43 Å². The van der Waals surface area contributed by atoms with E-state index in [0.717, 1.165) is 11.1 Å². The fourth-order valence-electron chi connectivity index (χ4n) is 1.35. The number of carbonyl (C=O) groups excluding carboxylic acids is 2. The molecule has 0 fully saturated rings. The summed E-state index contributed by atoms with van der Waals surface area (Å²) in [4.78, 5) is 21.4. The lowest BCUT2D eigenvalue weighted by atomic mass is 10.0. The number of primary amides is 1. The molecule has 4 heteroatoms. The Labute approximate surface area is 126 Å². The van der Waals surface area contributed by atoms with E-state index in [-0.39, 0.29) is 11.7 Å². The van der Waals surface area contributed by atoms with Gasteiger partial charge in [-0.2, -0.15) is 0 Å². The summed E-state index contributed by atoms with van der Waals surface area (Å²) in [6, 6.07) is 18.6. The van der Waals surface area contributed by atoms with Crippen LogP contribution in [0.3, 0.4) is 0 Å². The number of ketones is 1. The van der Waals surface area contributed by atoms with E-state index in [4.69, 9.17) is 0 Å². The summed E-state index contributed by atoms with van der Waals surface area (Å²) >= 11 is 1.90. The van der Waals surface area contributed by atoms with Crippen LogP contribution in [0.2, 0.25) is 0 Å². The van der Waals surface area contributed by atoms with Crippen molar-refractivity contribution in [1.82, 2.24) is 0 Å². The van der Waals surface area contributed by atoms with E-state index in [1.165, 1.54) is 0 Å². The van der Waals surface area contributed by atoms with Gasteiger partial charge in [0, 0.05) is 11.1 Å². The fraction of sp³-hybridized carbons (Fsp3) is 0.0667. The third kappa shape index (κ3) is 5.65. The van der Waals surface area contributed by atoms with E-state index in [9.17, 15) is 9.59 Å². The molecule has 0 aliphatic rings. The zero-order valence-electron chi connectivity index (χ0n) is 10.3. The van der Waals surface area contributed by atoms with Crippen molar-refractivity contribution in [3.05, 3.63) is 71.8 Å². The van der Waals surface area contributed by atoms with Crippen molar-refractivity contribution in [3.8, 4) is 0 Å². The molecule has 1 amide bonds. The van der Waals surface area contributed by atoms with Gasteiger partial charge in [-0.1, -0.05) is 83.3 Å². The number of hydrogen-bond donors (Lipinski definition) is 1. The normalized spacial score (nSPS) is 9.11. The number of halogens is 1. The van der Waals surface area contributed by atoms with Crippen molar-refractivity contribution in [3.63, 3.8) is 0 Å². The molecule has 0 saturated carbocycles. The minimum Gasteiger partial charge on any atom is -0.369 e. The van der Waals surface area contributed by atoms with Gasteiger partial charge in [0.25, 0.3) is 0 Å². The number of benzene rings is 2. The van der Waals surface area contributed by atoms with Crippen LogP contribution in [0.5, 0.6) is 0 Å². The predicted molar refractivity (Wildman–Crippen MR) is 84.4 cm³/mol. The zero-order valence-corrected chi connectivity index (χ0v) is 12.4. The van der Waals surface area contributed by atoms with E-state index in [1.807, 2.05) is 83.3 Å². The Bertz CT molecular complexity index is 485. The molecule has 19 heavy (non-hydrogen) atoms. The summed E-state index contributed by atoms with van der Waals surface area (Å²) in [6.45, 7) is 0. The van der Waals surface area contributed by atoms with Crippen LogP contribution in [0, 0.1) is 0 Å². The van der Waals surface area contributed by atoms with Crippen LogP contribution in [0.1, 0.15) is 15.9 Å². The van der Waals surface area contributed by atoms with Gasteiger partial charge in [-0.05, 0) is 0 Å². The molecule has 0 aliphatic carbocycles. The van der Waals surface area contributed by atoms with Crippen molar-refractivity contribution in [2.45, 2.75) is 0 Å². The van der Waals surface area contributed by atoms with Crippen LogP contribution in [0.25, 0.3) is 0 Å². The maximum absolute atomic E-state index is 11.8. The molecule has 0 heterocycles. The molecular formula is C15H14INO2. The second-order valence-corrected chi connectivity index (χ2v) is 4.42. The van der Waals surface area contributed by atoms with E-state index >= 15 is 0 Å². The molecule has 2 aromatic rings. The summed E-state index contributed by atoms with van der Waals surface area (Å²) in [5.41, 5.74) is 6.12. The van der Waals surface area contributed by atoms with Crippen LogP contribution in [-0.4, -0.2) is 16.1 Å². The van der Waals surface area contributed by atoms with Crippen molar-refractivity contribution in [2.75, 3.05) is 4.43 Å². The van der Waals surface area contributed by atoms with Crippen LogP contribution in [0.4, 0.5) is 0 Å². The minimum atomic E-state index is -0.259. The fourth-order valence-corrected chi connectivity index (χ4v) is 1.35. The lowest BCUT2D eigenvalue weighted by molar-refractivity contribution is -0.115. The highest BCUT2D eigenvalue weighted by atomic mass is 127. The highest BCUT2D eigenvalue weighted by Gasteiger charge is 2.06. The monoisotopic (exact) mass is 367 g/mol. The first-order valence-corrected chi connectivity index (χ1v) is 7.16. The maximum atomic E-state index is 11.8. The average molecular weight is 367 g/mol. The third-order valence-electron chi connectivity index (χ3n) is 2.20. The minimum absolute atomic E-state index is 0.0752. The second kappa shape index (κ2) is 8.42. The van der Waals surface area contributed by atoms with E-state index in [2.05, 4.69) is 5.73 Å². The summed E-state index contributed by atoms with van der Waals surface area (Å²) in [7, 11) is 0. The quantitative estimate of drug-likeness (QED) is 0.515. The predicted octanol–water partition coefficient (Wildman–Crippen LogP) is 2.82. The Morgan fingerprint density at radius 2 is 1.16 bits per heavy atom. The van der Waals surface area contributed by atoms with E-state index < -0.39 is 0 Å². The van der Waals surface area contributed by atoms with Crippen molar-refractivity contribution < 1.29 is 9.59 Å². The highest BCUT2D eigenvalue weighted by molar-refractivity contribution is 14.1. The summed E-state index contributed by atoms with van der Waals surface area (Å²) in [5, 5.41) is 0. The third-order valence-corrected chi connectivity index (χ3v) is 2.96. The number of hydrogen-bond acceptors (Lipinski definition) is 2. The molecule has 2 N–H and O–H groups in total. The van der Waals surface area contributed by atoms with Crippen molar-refractivity contribution >= 4 is 34.3 Å². The smallest absolute Gasteiger partial charge is 0.227 e. The first-order valence-electron chi connectivity index (χ1n) is 5.64. The van der Waals surface area contributed by atoms with Crippen molar-refractivity contribution in [2.24, 2.45) is 5.73 Å². The first-order chi connectivity index (χ1) is 9.15. The lowest BCUT2D eigenvalue weighted by Crippen LogP contribution is -2.10. The van der Waals surface area contributed by atoms with Crippen LogP contribution in [-0.2, 0) is 4.79 Å². The maximum Gasteiger partial charge on any atom is 0.227 e. The van der Waals surface area contributed by atoms with Gasteiger partial charge >= 0.3 is 0 Å². The molecule has 0 bridgehead atoms. The molecule has 0 radical (unpaired) electrons. The standard InChI is InChI=1S/C13H10O.C2H4INO/c14-13(11-7-3-1-4-8-11)12-9-5-2-6-10-12;3-1-2(4)5/h1-10H;1H2,(H2,4,5). The molecule has 0 atom stereocenters. The van der Waals surface area contributed by atoms with Crippen LogP contribution < -0.4 is 5.73 Å². The van der Waals surface area contributed by atoms with Gasteiger partial charge in [-0.3, -0.25) is 9.59 Å². The van der Waals surface area contributed by atoms with Gasteiger partial charge in [0.2, 0.25) is 5.91 Å². The first kappa shape index (κ1) is 15.4. The molecule has 0 unspecified atom stereocenters. The topological polar surface area (TPSA) is 60.2 Å². The Hall–Kier alpha value is -1.69. The Morgan fingerprint density at radius 1 is 0.842 bits per heavy atom. The summed E-state index contributed by atoms with van der Waals surface area (Å²) in [5.74, 6) is -0.184. The van der Waals surface area contributed by atoms with Crippen LogP contribution >= 0.6 is 22.6 Å². The number of alkyl halides is 1. The number of carbonyl (C=O) groups is 2. The molecule has 0 saturated heterocycles. The van der Waals surface area contributed by atoms with Gasteiger partial charge in [0.1, 0.15) is 0 Å². The number of rotatable bonds is 3. The van der Waals surface area contributed by atoms with Gasteiger partial charge in [-0.15, -0.1) is 0 Å². The molecule has 0 spiro atoms.